The van der Waals surface area contributed by atoms with E-state index in [0.717, 1.165) is 16.8 Å². The average molecular weight is 324 g/mol. The van der Waals surface area contributed by atoms with Crippen LogP contribution >= 0.6 is 15.9 Å². The van der Waals surface area contributed by atoms with Crippen molar-refractivity contribution in [3.8, 4) is 0 Å². The van der Waals surface area contributed by atoms with Crippen molar-refractivity contribution in [3.05, 3.63) is 39.6 Å². The van der Waals surface area contributed by atoms with Crippen molar-refractivity contribution in [2.45, 2.75) is 38.1 Å². The fourth-order valence-electron chi connectivity index (χ4n) is 3.44. The van der Waals surface area contributed by atoms with Crippen molar-refractivity contribution in [2.24, 2.45) is 0 Å². The zero-order valence-electron chi connectivity index (χ0n) is 11.1. The third-order valence-electron chi connectivity index (χ3n) is 4.20. The summed E-state index contributed by atoms with van der Waals surface area (Å²) in [5.41, 5.74) is 2.17. The number of allylic oxidation sites excluding steroid dienone is 1. The van der Waals surface area contributed by atoms with Crippen LogP contribution in [0.3, 0.4) is 0 Å². The van der Waals surface area contributed by atoms with Crippen molar-refractivity contribution < 1.29 is 9.18 Å². The SMILES string of the molecule is CC1(C)Nc2cc(F)c(Br)cc2C2(C)CC(=O)C=C12. The quantitative estimate of drug-likeness (QED) is 0.783. The van der Waals surface area contributed by atoms with Gasteiger partial charge in [0.05, 0.1) is 10.0 Å². The highest BCUT2D eigenvalue weighted by molar-refractivity contribution is 9.10. The molecule has 0 saturated carbocycles. The molecule has 1 aliphatic carbocycles. The number of carbonyl (C=O) groups is 1. The lowest BCUT2D eigenvalue weighted by Gasteiger charge is -2.45. The first kappa shape index (κ1) is 12.9. The van der Waals surface area contributed by atoms with E-state index in [-0.39, 0.29) is 22.6 Å². The summed E-state index contributed by atoms with van der Waals surface area (Å²) in [5, 5.41) is 3.34. The second kappa shape index (κ2) is 3.69. The van der Waals surface area contributed by atoms with Crippen LogP contribution in [0.4, 0.5) is 10.1 Å². The normalized spacial score (nSPS) is 27.4. The van der Waals surface area contributed by atoms with Gasteiger partial charge >= 0.3 is 0 Å². The molecule has 0 bridgehead atoms. The number of anilines is 1. The van der Waals surface area contributed by atoms with Gasteiger partial charge in [-0.05, 0) is 59.1 Å². The number of hydrogen-bond donors (Lipinski definition) is 1. The topological polar surface area (TPSA) is 29.1 Å². The van der Waals surface area contributed by atoms with Crippen molar-refractivity contribution in [2.75, 3.05) is 5.32 Å². The number of benzene rings is 1. The molecular weight excluding hydrogens is 309 g/mol. The number of fused-ring (bicyclic) bond motifs is 3. The van der Waals surface area contributed by atoms with Gasteiger partial charge in [-0.25, -0.2) is 4.39 Å². The van der Waals surface area contributed by atoms with E-state index < -0.39 is 0 Å². The van der Waals surface area contributed by atoms with Crippen molar-refractivity contribution in [1.29, 1.82) is 0 Å². The molecule has 0 aromatic heterocycles. The predicted molar refractivity (Wildman–Crippen MR) is 76.9 cm³/mol. The molecule has 0 saturated heterocycles. The predicted octanol–water partition coefficient (Wildman–Crippen LogP) is 3.95. The third kappa shape index (κ3) is 1.69. The van der Waals surface area contributed by atoms with E-state index >= 15 is 0 Å². The second-order valence-corrected chi connectivity index (χ2v) is 6.95. The number of halogens is 2. The van der Waals surface area contributed by atoms with Crippen LogP contribution in [0, 0.1) is 5.82 Å². The van der Waals surface area contributed by atoms with Crippen LogP contribution in [-0.4, -0.2) is 11.3 Å². The minimum Gasteiger partial charge on any atom is -0.376 e. The number of carbonyl (C=O) groups excluding carboxylic acids is 1. The first-order valence-corrected chi connectivity index (χ1v) is 7.06. The highest BCUT2D eigenvalue weighted by Gasteiger charge is 2.49. The van der Waals surface area contributed by atoms with Gasteiger partial charge in [0.2, 0.25) is 0 Å². The van der Waals surface area contributed by atoms with Crippen LogP contribution in [0.15, 0.2) is 28.3 Å². The van der Waals surface area contributed by atoms with E-state index in [0.29, 0.717) is 10.9 Å². The highest BCUT2D eigenvalue weighted by Crippen LogP contribution is 2.52. The summed E-state index contributed by atoms with van der Waals surface area (Å²) in [5.74, 6) is -0.150. The number of rotatable bonds is 0. The van der Waals surface area contributed by atoms with E-state index in [1.165, 1.54) is 6.07 Å². The van der Waals surface area contributed by atoms with E-state index in [9.17, 15) is 9.18 Å². The third-order valence-corrected chi connectivity index (χ3v) is 4.81. The van der Waals surface area contributed by atoms with Gasteiger partial charge in [-0.3, -0.25) is 4.79 Å². The fourth-order valence-corrected chi connectivity index (χ4v) is 3.78. The van der Waals surface area contributed by atoms with Crippen LogP contribution in [0.1, 0.15) is 32.8 Å². The lowest BCUT2D eigenvalue weighted by atomic mass is 9.67. The molecule has 1 aliphatic heterocycles. The van der Waals surface area contributed by atoms with Gasteiger partial charge in [0, 0.05) is 17.5 Å². The van der Waals surface area contributed by atoms with Gasteiger partial charge in [0.25, 0.3) is 0 Å². The molecule has 19 heavy (non-hydrogen) atoms. The molecule has 1 atom stereocenters. The largest absolute Gasteiger partial charge is 0.376 e. The number of ketones is 1. The Balaban J connectivity index is 2.30. The molecule has 1 aromatic rings. The highest BCUT2D eigenvalue weighted by atomic mass is 79.9. The summed E-state index contributed by atoms with van der Waals surface area (Å²) >= 11 is 3.23. The Morgan fingerprint density at radius 2 is 2.00 bits per heavy atom. The Morgan fingerprint density at radius 3 is 2.68 bits per heavy atom. The van der Waals surface area contributed by atoms with E-state index in [1.807, 2.05) is 13.8 Å². The van der Waals surface area contributed by atoms with Crippen molar-refractivity contribution >= 4 is 27.4 Å². The Labute approximate surface area is 120 Å². The molecule has 1 N–H and O–H groups in total. The minimum atomic E-state index is -0.339. The van der Waals surface area contributed by atoms with Crippen LogP contribution in [0.5, 0.6) is 0 Å². The van der Waals surface area contributed by atoms with Gasteiger partial charge < -0.3 is 5.32 Å². The molecule has 0 fully saturated rings. The zero-order chi connectivity index (χ0) is 14.0. The van der Waals surface area contributed by atoms with Crippen molar-refractivity contribution in [1.82, 2.24) is 0 Å². The molecule has 0 spiro atoms. The van der Waals surface area contributed by atoms with E-state index in [2.05, 4.69) is 28.2 Å². The zero-order valence-corrected chi connectivity index (χ0v) is 12.7. The summed E-state index contributed by atoms with van der Waals surface area (Å²) < 4.78 is 14.2. The van der Waals surface area contributed by atoms with Gasteiger partial charge in [0.1, 0.15) is 5.82 Å². The van der Waals surface area contributed by atoms with E-state index in [4.69, 9.17) is 0 Å². The summed E-state index contributed by atoms with van der Waals surface area (Å²) in [6.07, 6.45) is 2.20. The molecule has 2 nitrogen and oxygen atoms in total. The van der Waals surface area contributed by atoms with Crippen LogP contribution < -0.4 is 5.32 Å². The molecule has 0 radical (unpaired) electrons. The monoisotopic (exact) mass is 323 g/mol. The molecule has 4 heteroatoms. The minimum absolute atomic E-state index is 0.140. The van der Waals surface area contributed by atoms with Gasteiger partial charge in [-0.15, -0.1) is 0 Å². The van der Waals surface area contributed by atoms with Crippen LogP contribution in [-0.2, 0) is 10.2 Å². The fraction of sp³-hybridized carbons (Fsp3) is 0.400. The summed E-state index contributed by atoms with van der Waals surface area (Å²) in [6, 6.07) is 3.30. The number of hydrogen-bond acceptors (Lipinski definition) is 2. The van der Waals surface area contributed by atoms with Crippen molar-refractivity contribution in [3.63, 3.8) is 0 Å². The van der Waals surface area contributed by atoms with E-state index in [1.54, 1.807) is 12.1 Å². The molecule has 0 amide bonds. The maximum atomic E-state index is 13.7. The maximum absolute atomic E-state index is 13.7. The first-order chi connectivity index (χ1) is 8.74. The molecule has 100 valence electrons. The van der Waals surface area contributed by atoms with Crippen LogP contribution in [0.2, 0.25) is 0 Å². The molecule has 3 rings (SSSR count). The average Bonchev–Trinajstić information content (AvgIpc) is 2.59. The molecule has 1 heterocycles. The standard InChI is InChI=1S/C15H15BrFNO/c1-14(2)13-4-8(19)7-15(13,3)9-5-10(16)11(17)6-12(9)18-14/h4-6,18H,7H2,1-3H3. The van der Waals surface area contributed by atoms with Gasteiger partial charge in [0.15, 0.2) is 5.78 Å². The summed E-state index contributed by atoms with van der Waals surface area (Å²) in [6.45, 7) is 6.12. The molecule has 2 aliphatic rings. The summed E-state index contributed by atoms with van der Waals surface area (Å²) in [4.78, 5) is 11.9. The lowest BCUT2D eigenvalue weighted by Crippen LogP contribution is -2.46. The van der Waals surface area contributed by atoms with Gasteiger partial charge in [-0.1, -0.05) is 6.92 Å². The Morgan fingerprint density at radius 1 is 1.32 bits per heavy atom. The van der Waals surface area contributed by atoms with Gasteiger partial charge in [-0.2, -0.15) is 0 Å². The first-order valence-electron chi connectivity index (χ1n) is 6.27. The van der Waals surface area contributed by atoms with Crippen LogP contribution in [0.25, 0.3) is 0 Å². The lowest BCUT2D eigenvalue weighted by molar-refractivity contribution is -0.114. The number of nitrogens with one attached hydrogen (secondary N) is 1. The Kier molecular flexibility index (Phi) is 2.50. The molecule has 1 unspecified atom stereocenters. The second-order valence-electron chi connectivity index (χ2n) is 6.10. The smallest absolute Gasteiger partial charge is 0.156 e. The maximum Gasteiger partial charge on any atom is 0.156 e. The molecule has 1 aromatic carbocycles. The summed E-state index contributed by atoms with van der Waals surface area (Å²) in [7, 11) is 0. The Bertz CT molecular complexity index is 635. The molecular formula is C15H15BrFNO. The Hall–Kier alpha value is -1.16.